The van der Waals surface area contributed by atoms with E-state index in [0.29, 0.717) is 18.9 Å². The van der Waals surface area contributed by atoms with E-state index in [4.69, 9.17) is 0 Å². The van der Waals surface area contributed by atoms with E-state index in [1.54, 1.807) is 4.90 Å². The van der Waals surface area contributed by atoms with E-state index in [-0.39, 0.29) is 11.8 Å². The van der Waals surface area contributed by atoms with Gasteiger partial charge < -0.3 is 4.98 Å². The Morgan fingerprint density at radius 1 is 1.47 bits per heavy atom. The zero-order chi connectivity index (χ0) is 11.8. The number of amides is 1. The fourth-order valence-electron chi connectivity index (χ4n) is 2.16. The minimum absolute atomic E-state index is 0.106. The molecule has 0 aliphatic carbocycles. The Bertz CT molecular complexity index is 554. The molecule has 17 heavy (non-hydrogen) atoms. The van der Waals surface area contributed by atoms with E-state index in [2.05, 4.69) is 16.5 Å². The Hall–Kier alpha value is -2.10. The van der Waals surface area contributed by atoms with Crippen LogP contribution in [0.5, 0.6) is 0 Å². The number of aromatic nitrogens is 2. The molecule has 0 bridgehead atoms. The van der Waals surface area contributed by atoms with E-state index >= 15 is 0 Å². The fraction of sp³-hybridized carbons (Fsp3) is 0.231. The molecule has 0 saturated carbocycles. The lowest BCUT2D eigenvalue weighted by molar-refractivity contribution is -0.117. The van der Waals surface area contributed by atoms with Crippen molar-refractivity contribution in [2.75, 3.05) is 11.4 Å². The first-order valence-electron chi connectivity index (χ1n) is 5.65. The molecule has 1 aliphatic heterocycles. The number of para-hydroxylation sites is 2. The van der Waals surface area contributed by atoms with Gasteiger partial charge in [-0.05, 0) is 12.1 Å². The van der Waals surface area contributed by atoms with E-state index < -0.39 is 0 Å². The fourth-order valence-corrected chi connectivity index (χ4v) is 2.16. The molecule has 0 spiro atoms. The van der Waals surface area contributed by atoms with Crippen LogP contribution in [0.1, 0.15) is 6.42 Å². The molecule has 4 heteroatoms. The normalized spacial score (nSPS) is 20.1. The van der Waals surface area contributed by atoms with Gasteiger partial charge in [0, 0.05) is 18.9 Å². The number of rotatable bonds is 2. The van der Waals surface area contributed by atoms with Crippen LogP contribution in [0.15, 0.2) is 36.9 Å². The number of imidazole rings is 1. The van der Waals surface area contributed by atoms with Crippen molar-refractivity contribution in [3.05, 3.63) is 36.9 Å². The second-order valence-corrected chi connectivity index (χ2v) is 4.28. The van der Waals surface area contributed by atoms with Gasteiger partial charge in [0.2, 0.25) is 11.9 Å². The lowest BCUT2D eigenvalue weighted by Gasteiger charge is -2.11. The number of carbonyl (C=O) groups is 1. The summed E-state index contributed by atoms with van der Waals surface area (Å²) in [4.78, 5) is 21.1. The highest BCUT2D eigenvalue weighted by Gasteiger charge is 2.30. The summed E-state index contributed by atoms with van der Waals surface area (Å²) in [5, 5.41) is 0. The molecule has 1 aromatic carbocycles. The minimum atomic E-state index is 0.106. The SMILES string of the molecule is C=CC1CC(=O)N(c2nc3ccccc3[nH]2)C1. The average molecular weight is 227 g/mol. The first-order chi connectivity index (χ1) is 8.28. The standard InChI is InChI=1S/C13H13N3O/c1-2-9-7-12(17)16(8-9)13-14-10-5-3-4-6-11(10)15-13/h2-6,9H,1,7-8H2,(H,14,15). The molecule has 1 aromatic heterocycles. The van der Waals surface area contributed by atoms with Gasteiger partial charge in [-0.25, -0.2) is 4.98 Å². The molecule has 1 atom stereocenters. The average Bonchev–Trinajstić information content (AvgIpc) is 2.91. The zero-order valence-electron chi connectivity index (χ0n) is 9.39. The van der Waals surface area contributed by atoms with Gasteiger partial charge in [-0.2, -0.15) is 0 Å². The van der Waals surface area contributed by atoms with Gasteiger partial charge in [-0.3, -0.25) is 9.69 Å². The number of nitrogens with one attached hydrogen (secondary N) is 1. The molecule has 0 radical (unpaired) electrons. The highest BCUT2D eigenvalue weighted by atomic mass is 16.2. The van der Waals surface area contributed by atoms with Gasteiger partial charge >= 0.3 is 0 Å². The maximum absolute atomic E-state index is 11.8. The largest absolute Gasteiger partial charge is 0.324 e. The van der Waals surface area contributed by atoms with Crippen LogP contribution in [0.25, 0.3) is 11.0 Å². The third-order valence-corrected chi connectivity index (χ3v) is 3.12. The zero-order valence-corrected chi connectivity index (χ0v) is 9.39. The Morgan fingerprint density at radius 3 is 3.00 bits per heavy atom. The van der Waals surface area contributed by atoms with Crippen LogP contribution >= 0.6 is 0 Å². The lowest BCUT2D eigenvalue weighted by Crippen LogP contribution is -2.25. The summed E-state index contributed by atoms with van der Waals surface area (Å²) < 4.78 is 0. The molecule has 1 N–H and O–H groups in total. The van der Waals surface area contributed by atoms with E-state index in [0.717, 1.165) is 11.0 Å². The molecular formula is C13H13N3O. The number of aromatic amines is 1. The summed E-state index contributed by atoms with van der Waals surface area (Å²) in [6.07, 6.45) is 2.36. The molecule has 1 saturated heterocycles. The van der Waals surface area contributed by atoms with Crippen molar-refractivity contribution in [1.29, 1.82) is 0 Å². The van der Waals surface area contributed by atoms with E-state index in [9.17, 15) is 4.79 Å². The highest BCUT2D eigenvalue weighted by Crippen LogP contribution is 2.25. The first-order valence-corrected chi connectivity index (χ1v) is 5.65. The van der Waals surface area contributed by atoms with Crippen LogP contribution in [0, 0.1) is 5.92 Å². The number of H-pyrrole nitrogens is 1. The number of hydrogen-bond donors (Lipinski definition) is 1. The predicted octanol–water partition coefficient (Wildman–Crippen LogP) is 2.10. The van der Waals surface area contributed by atoms with Gasteiger partial charge in [-0.15, -0.1) is 6.58 Å². The van der Waals surface area contributed by atoms with Crippen molar-refractivity contribution >= 4 is 22.9 Å². The second-order valence-electron chi connectivity index (χ2n) is 4.28. The molecule has 86 valence electrons. The predicted molar refractivity (Wildman–Crippen MR) is 66.8 cm³/mol. The monoisotopic (exact) mass is 227 g/mol. The Labute approximate surface area is 99.0 Å². The van der Waals surface area contributed by atoms with Gasteiger partial charge in [0.1, 0.15) is 0 Å². The van der Waals surface area contributed by atoms with Crippen molar-refractivity contribution in [2.45, 2.75) is 6.42 Å². The molecule has 1 unspecified atom stereocenters. The summed E-state index contributed by atoms with van der Waals surface area (Å²) >= 11 is 0. The van der Waals surface area contributed by atoms with E-state index in [1.807, 2.05) is 30.3 Å². The summed E-state index contributed by atoms with van der Waals surface area (Å²) in [6.45, 7) is 4.41. The Morgan fingerprint density at radius 2 is 2.29 bits per heavy atom. The first kappa shape index (κ1) is 10.1. The van der Waals surface area contributed by atoms with Crippen molar-refractivity contribution in [1.82, 2.24) is 9.97 Å². The molecule has 1 fully saturated rings. The maximum atomic E-state index is 11.8. The molecule has 2 aromatic rings. The molecular weight excluding hydrogens is 214 g/mol. The van der Waals surface area contributed by atoms with Gasteiger partial charge in [0.25, 0.3) is 0 Å². The maximum Gasteiger partial charge on any atom is 0.229 e. The number of fused-ring (bicyclic) bond motifs is 1. The Balaban J connectivity index is 1.98. The van der Waals surface area contributed by atoms with Crippen LogP contribution < -0.4 is 4.90 Å². The van der Waals surface area contributed by atoms with Crippen LogP contribution in [0.3, 0.4) is 0 Å². The smallest absolute Gasteiger partial charge is 0.229 e. The number of benzene rings is 1. The molecule has 1 aliphatic rings. The summed E-state index contributed by atoms with van der Waals surface area (Å²) in [7, 11) is 0. The summed E-state index contributed by atoms with van der Waals surface area (Å²) in [6, 6.07) is 7.77. The quantitative estimate of drug-likeness (QED) is 0.799. The van der Waals surface area contributed by atoms with Crippen LogP contribution in [-0.4, -0.2) is 22.4 Å². The molecule has 3 rings (SSSR count). The summed E-state index contributed by atoms with van der Waals surface area (Å²) in [5.74, 6) is 0.977. The van der Waals surface area contributed by atoms with Crippen molar-refractivity contribution in [2.24, 2.45) is 5.92 Å². The van der Waals surface area contributed by atoms with E-state index in [1.165, 1.54) is 0 Å². The summed E-state index contributed by atoms with van der Waals surface area (Å²) in [5.41, 5.74) is 1.84. The third kappa shape index (κ3) is 1.62. The highest BCUT2D eigenvalue weighted by molar-refractivity contribution is 5.95. The van der Waals surface area contributed by atoms with Crippen LogP contribution in [0.2, 0.25) is 0 Å². The van der Waals surface area contributed by atoms with Crippen molar-refractivity contribution in [3.8, 4) is 0 Å². The number of nitrogens with zero attached hydrogens (tertiary/aromatic N) is 2. The number of anilines is 1. The van der Waals surface area contributed by atoms with Crippen LogP contribution in [0.4, 0.5) is 5.95 Å². The van der Waals surface area contributed by atoms with Crippen LogP contribution in [-0.2, 0) is 4.79 Å². The molecule has 4 nitrogen and oxygen atoms in total. The third-order valence-electron chi connectivity index (χ3n) is 3.12. The van der Waals surface area contributed by atoms with Gasteiger partial charge in [0.05, 0.1) is 11.0 Å². The lowest BCUT2D eigenvalue weighted by atomic mass is 10.1. The second kappa shape index (κ2) is 3.73. The minimum Gasteiger partial charge on any atom is -0.324 e. The topological polar surface area (TPSA) is 49.0 Å². The number of carbonyl (C=O) groups excluding carboxylic acids is 1. The molecule has 2 heterocycles. The Kier molecular flexibility index (Phi) is 2.21. The van der Waals surface area contributed by atoms with Gasteiger partial charge in [-0.1, -0.05) is 18.2 Å². The van der Waals surface area contributed by atoms with Crippen molar-refractivity contribution < 1.29 is 4.79 Å². The number of hydrogen-bond acceptors (Lipinski definition) is 2. The van der Waals surface area contributed by atoms with Gasteiger partial charge in [0.15, 0.2) is 0 Å². The molecule has 1 amide bonds. The van der Waals surface area contributed by atoms with Crippen molar-refractivity contribution in [3.63, 3.8) is 0 Å².